The van der Waals surface area contributed by atoms with E-state index in [1.165, 1.54) is 29.5 Å². The highest BCUT2D eigenvalue weighted by molar-refractivity contribution is 7.18. The number of hydrogen-bond acceptors (Lipinski definition) is 5. The van der Waals surface area contributed by atoms with Crippen LogP contribution in [0.5, 0.6) is 0 Å². The van der Waals surface area contributed by atoms with Gasteiger partial charge in [0.2, 0.25) is 11.8 Å². The molecule has 1 aromatic carbocycles. The molecule has 3 heterocycles. The van der Waals surface area contributed by atoms with Crippen LogP contribution >= 0.6 is 11.3 Å². The molecule has 7 nitrogen and oxygen atoms in total. The van der Waals surface area contributed by atoms with E-state index in [4.69, 9.17) is 0 Å². The number of hydrogen-bond donors (Lipinski definition) is 1. The number of carbonyl (C=O) groups is 2. The Bertz CT molecular complexity index is 1260. The predicted octanol–water partition coefficient (Wildman–Crippen LogP) is 3.38. The lowest BCUT2D eigenvalue weighted by Crippen LogP contribution is -2.51. The van der Waals surface area contributed by atoms with E-state index in [0.29, 0.717) is 15.1 Å². The molecule has 1 atom stereocenters. The van der Waals surface area contributed by atoms with Crippen molar-refractivity contribution in [1.82, 2.24) is 9.55 Å². The van der Waals surface area contributed by atoms with Gasteiger partial charge in [-0.2, -0.15) is 13.2 Å². The standard InChI is InChI=1S/C20H17F3N4O3S/c1-10-11(2)31-18-17(10)19(30)26(9-24-18)8-16(29)27-13-6-4-3-5-12(13)25-15(28)7-14(27)20(21,22)23/h3-6,9,14H,7-8H2,1-2H3,(H,25,28). The molecule has 0 saturated carbocycles. The first-order valence-corrected chi connectivity index (χ1v) is 10.1. The lowest BCUT2D eigenvalue weighted by atomic mass is 10.1. The number of para-hydroxylation sites is 2. The van der Waals surface area contributed by atoms with Gasteiger partial charge in [0.1, 0.15) is 17.4 Å². The summed E-state index contributed by atoms with van der Waals surface area (Å²) < 4.78 is 42.5. The van der Waals surface area contributed by atoms with Crippen LogP contribution in [0.3, 0.4) is 0 Å². The Morgan fingerprint density at radius 2 is 1.97 bits per heavy atom. The van der Waals surface area contributed by atoms with Gasteiger partial charge < -0.3 is 5.32 Å². The molecule has 0 bridgehead atoms. The Kier molecular flexibility index (Phi) is 5.08. The molecule has 11 heteroatoms. The van der Waals surface area contributed by atoms with Crippen molar-refractivity contribution in [2.24, 2.45) is 0 Å². The van der Waals surface area contributed by atoms with Gasteiger partial charge in [-0.1, -0.05) is 12.1 Å². The SMILES string of the molecule is Cc1sc2ncn(CC(=O)N3c4ccccc4NC(=O)CC3C(F)(F)F)c(=O)c2c1C. The Balaban J connectivity index is 1.79. The molecule has 3 aromatic rings. The number of nitrogens with zero attached hydrogens (tertiary/aromatic N) is 3. The summed E-state index contributed by atoms with van der Waals surface area (Å²) >= 11 is 1.33. The van der Waals surface area contributed by atoms with E-state index in [1.54, 1.807) is 13.0 Å². The van der Waals surface area contributed by atoms with Crippen LogP contribution in [0.4, 0.5) is 24.5 Å². The van der Waals surface area contributed by atoms with Crippen molar-refractivity contribution in [3.8, 4) is 0 Å². The highest BCUT2D eigenvalue weighted by Gasteiger charge is 2.49. The summed E-state index contributed by atoms with van der Waals surface area (Å²) in [4.78, 5) is 44.2. The second kappa shape index (κ2) is 7.49. The van der Waals surface area contributed by atoms with Gasteiger partial charge in [0, 0.05) is 4.88 Å². The number of amides is 2. The van der Waals surface area contributed by atoms with Crippen LogP contribution in [-0.2, 0) is 16.1 Å². The summed E-state index contributed by atoms with van der Waals surface area (Å²) in [6.45, 7) is 2.94. The van der Waals surface area contributed by atoms with E-state index in [2.05, 4.69) is 10.3 Å². The summed E-state index contributed by atoms with van der Waals surface area (Å²) in [5.41, 5.74) is 0.242. The monoisotopic (exact) mass is 450 g/mol. The van der Waals surface area contributed by atoms with Crippen molar-refractivity contribution in [3.05, 3.63) is 51.4 Å². The predicted molar refractivity (Wildman–Crippen MR) is 110 cm³/mol. The maximum Gasteiger partial charge on any atom is 0.409 e. The minimum atomic E-state index is -4.85. The molecule has 162 valence electrons. The summed E-state index contributed by atoms with van der Waals surface area (Å²) in [5, 5.41) is 2.75. The van der Waals surface area contributed by atoms with Crippen molar-refractivity contribution in [2.45, 2.75) is 39.0 Å². The van der Waals surface area contributed by atoms with Crippen LogP contribution in [0.25, 0.3) is 10.2 Å². The molecular weight excluding hydrogens is 433 g/mol. The molecule has 1 aliphatic heterocycles. The molecule has 2 amide bonds. The third-order valence-electron chi connectivity index (χ3n) is 5.24. The number of fused-ring (bicyclic) bond motifs is 2. The molecule has 0 aliphatic carbocycles. The molecule has 0 saturated heterocycles. The van der Waals surface area contributed by atoms with Crippen LogP contribution in [0.15, 0.2) is 35.4 Å². The summed E-state index contributed by atoms with van der Waals surface area (Å²) in [5.74, 6) is -1.83. The molecule has 31 heavy (non-hydrogen) atoms. The second-order valence-electron chi connectivity index (χ2n) is 7.23. The van der Waals surface area contributed by atoms with Gasteiger partial charge in [0.25, 0.3) is 5.56 Å². The first-order valence-electron chi connectivity index (χ1n) is 9.30. The molecule has 2 aromatic heterocycles. The minimum absolute atomic E-state index is 0.0784. The summed E-state index contributed by atoms with van der Waals surface area (Å²) in [6.07, 6.45) is -4.63. The van der Waals surface area contributed by atoms with Crippen LogP contribution in [-0.4, -0.2) is 33.6 Å². The lowest BCUT2D eigenvalue weighted by Gasteiger charge is -2.31. The van der Waals surface area contributed by atoms with Gasteiger partial charge in [-0.05, 0) is 31.5 Å². The second-order valence-corrected chi connectivity index (χ2v) is 8.43. The number of carbonyl (C=O) groups excluding carboxylic acids is 2. The topological polar surface area (TPSA) is 84.3 Å². The number of benzene rings is 1. The van der Waals surface area contributed by atoms with Crippen LogP contribution in [0.1, 0.15) is 16.9 Å². The van der Waals surface area contributed by atoms with Gasteiger partial charge in [0.05, 0.1) is 29.5 Å². The van der Waals surface area contributed by atoms with E-state index in [0.717, 1.165) is 21.3 Å². The Morgan fingerprint density at radius 3 is 2.68 bits per heavy atom. The fourth-order valence-corrected chi connectivity index (χ4v) is 4.59. The van der Waals surface area contributed by atoms with Crippen molar-refractivity contribution < 1.29 is 22.8 Å². The van der Waals surface area contributed by atoms with E-state index in [9.17, 15) is 27.6 Å². The highest BCUT2D eigenvalue weighted by Crippen LogP contribution is 2.37. The van der Waals surface area contributed by atoms with E-state index < -0.39 is 42.6 Å². The third-order valence-corrected chi connectivity index (χ3v) is 6.35. The zero-order valence-corrected chi connectivity index (χ0v) is 17.3. The summed E-state index contributed by atoms with van der Waals surface area (Å²) in [7, 11) is 0. The van der Waals surface area contributed by atoms with Gasteiger partial charge in [-0.15, -0.1) is 11.3 Å². The summed E-state index contributed by atoms with van der Waals surface area (Å²) in [6, 6.07) is 3.40. The average molecular weight is 450 g/mol. The molecule has 1 N–H and O–H groups in total. The smallest absolute Gasteiger partial charge is 0.324 e. The zero-order valence-electron chi connectivity index (χ0n) is 16.5. The molecule has 0 spiro atoms. The number of halogens is 3. The minimum Gasteiger partial charge on any atom is -0.324 e. The highest BCUT2D eigenvalue weighted by atomic mass is 32.1. The largest absolute Gasteiger partial charge is 0.409 e. The molecule has 0 fully saturated rings. The van der Waals surface area contributed by atoms with Crippen LogP contribution < -0.4 is 15.8 Å². The Morgan fingerprint density at radius 1 is 1.26 bits per heavy atom. The zero-order chi connectivity index (χ0) is 22.5. The fraction of sp³-hybridized carbons (Fsp3) is 0.300. The third kappa shape index (κ3) is 3.69. The van der Waals surface area contributed by atoms with Gasteiger partial charge in [-0.3, -0.25) is 23.9 Å². The fourth-order valence-electron chi connectivity index (χ4n) is 3.60. The van der Waals surface area contributed by atoms with Crippen molar-refractivity contribution in [1.29, 1.82) is 0 Å². The Hall–Kier alpha value is -3.21. The number of rotatable bonds is 2. The van der Waals surface area contributed by atoms with Gasteiger partial charge in [0.15, 0.2) is 0 Å². The van der Waals surface area contributed by atoms with Crippen LogP contribution in [0, 0.1) is 13.8 Å². The number of alkyl halides is 3. The van der Waals surface area contributed by atoms with E-state index in [-0.39, 0.29) is 11.4 Å². The number of thiophene rings is 1. The van der Waals surface area contributed by atoms with Crippen molar-refractivity contribution in [2.75, 3.05) is 10.2 Å². The van der Waals surface area contributed by atoms with Crippen molar-refractivity contribution in [3.63, 3.8) is 0 Å². The van der Waals surface area contributed by atoms with Crippen LogP contribution in [0.2, 0.25) is 0 Å². The quantitative estimate of drug-likeness (QED) is 0.649. The molecule has 1 unspecified atom stereocenters. The maximum absolute atomic E-state index is 13.8. The normalized spacial score (nSPS) is 16.7. The maximum atomic E-state index is 13.8. The molecule has 1 aliphatic rings. The number of aryl methyl sites for hydroxylation is 2. The number of aromatic nitrogens is 2. The van der Waals surface area contributed by atoms with E-state index in [1.807, 2.05) is 6.92 Å². The lowest BCUT2D eigenvalue weighted by molar-refractivity contribution is -0.158. The molecule has 4 rings (SSSR count). The molecule has 0 radical (unpaired) electrons. The van der Waals surface area contributed by atoms with Gasteiger partial charge in [-0.25, -0.2) is 4.98 Å². The Labute approximate surface area is 178 Å². The van der Waals surface area contributed by atoms with Gasteiger partial charge >= 0.3 is 6.18 Å². The number of anilines is 2. The first kappa shape index (κ1) is 21.0. The first-order chi connectivity index (χ1) is 14.6. The van der Waals surface area contributed by atoms with E-state index >= 15 is 0 Å². The average Bonchev–Trinajstić information content (AvgIpc) is 2.89. The number of nitrogens with one attached hydrogen (secondary N) is 1. The van der Waals surface area contributed by atoms with Crippen molar-refractivity contribution >= 4 is 44.7 Å². The molecular formula is C20H17F3N4O3S.